The van der Waals surface area contributed by atoms with Crippen LogP contribution >= 0.6 is 11.6 Å². The molecule has 0 spiro atoms. The topological polar surface area (TPSA) is 76.6 Å². The Hall–Kier alpha value is -3.32. The summed E-state index contributed by atoms with van der Waals surface area (Å²) in [7, 11) is 7.97. The number of aromatic nitrogens is 2. The Balaban J connectivity index is 2.02. The first-order chi connectivity index (χ1) is 13.9. The van der Waals surface area contributed by atoms with E-state index in [2.05, 4.69) is 20.7 Å². The summed E-state index contributed by atoms with van der Waals surface area (Å²) in [6, 6.07) is 16.1. The van der Waals surface area contributed by atoms with Crippen LogP contribution in [0.15, 0.2) is 64.6 Å². The van der Waals surface area contributed by atoms with Crippen molar-refractivity contribution in [1.29, 1.82) is 0 Å². The van der Waals surface area contributed by atoms with Gasteiger partial charge in [0.05, 0.1) is 11.9 Å². The van der Waals surface area contributed by atoms with Crippen molar-refractivity contribution in [3.8, 4) is 0 Å². The van der Waals surface area contributed by atoms with Gasteiger partial charge >= 0.3 is 0 Å². The molecule has 2 N–H and O–H groups in total. The van der Waals surface area contributed by atoms with Gasteiger partial charge < -0.3 is 9.80 Å². The summed E-state index contributed by atoms with van der Waals surface area (Å²) in [5.74, 6) is 0. The van der Waals surface area contributed by atoms with Crippen molar-refractivity contribution in [1.82, 2.24) is 10.2 Å². The molecule has 0 saturated carbocycles. The lowest BCUT2D eigenvalue weighted by molar-refractivity contribution is 0.987. The van der Waals surface area contributed by atoms with Gasteiger partial charge in [-0.25, -0.2) is 5.10 Å². The van der Waals surface area contributed by atoms with E-state index < -0.39 is 5.56 Å². The van der Waals surface area contributed by atoms with Crippen molar-refractivity contribution in [2.24, 2.45) is 5.10 Å². The lowest BCUT2D eigenvalue weighted by Crippen LogP contribution is -2.13. The molecule has 0 bridgehead atoms. The first-order valence-electron chi connectivity index (χ1n) is 8.99. The first-order valence-corrected chi connectivity index (χ1v) is 9.37. The van der Waals surface area contributed by atoms with Gasteiger partial charge in [-0.2, -0.15) is 10.2 Å². The number of nitrogens with one attached hydrogen (secondary N) is 2. The van der Waals surface area contributed by atoms with Crippen molar-refractivity contribution < 1.29 is 0 Å². The van der Waals surface area contributed by atoms with Crippen molar-refractivity contribution in [3.05, 3.63) is 81.2 Å². The average Bonchev–Trinajstić information content (AvgIpc) is 2.72. The number of hydrazone groups is 1. The molecule has 0 amide bonds. The van der Waals surface area contributed by atoms with Crippen LogP contribution in [-0.4, -0.2) is 44.1 Å². The highest BCUT2D eigenvalue weighted by Gasteiger charge is 2.10. The van der Waals surface area contributed by atoms with Crippen LogP contribution in [-0.2, 0) is 0 Å². The predicted molar refractivity (Wildman–Crippen MR) is 121 cm³/mol. The summed E-state index contributed by atoms with van der Waals surface area (Å²) in [6.45, 7) is 0. The van der Waals surface area contributed by atoms with Crippen LogP contribution in [0.3, 0.4) is 0 Å². The highest BCUT2D eigenvalue weighted by Crippen LogP contribution is 2.20. The lowest BCUT2D eigenvalue weighted by Gasteiger charge is -2.15. The number of hydrogen-bond acceptors (Lipinski definition) is 6. The summed E-state index contributed by atoms with van der Waals surface area (Å²) in [5.41, 5.74) is 7.49. The fraction of sp³-hybridized carbons (Fsp3) is 0.190. The van der Waals surface area contributed by atoms with Crippen molar-refractivity contribution in [3.63, 3.8) is 0 Å². The second-order valence-electron chi connectivity index (χ2n) is 6.88. The van der Waals surface area contributed by atoms with E-state index in [1.165, 1.54) is 6.20 Å². The number of hydrogen-bond donors (Lipinski definition) is 2. The number of nitrogens with zero attached hydrogens (tertiary/aromatic N) is 4. The van der Waals surface area contributed by atoms with Gasteiger partial charge in [-0.05, 0) is 24.3 Å². The summed E-state index contributed by atoms with van der Waals surface area (Å²) >= 11 is 6.05. The lowest BCUT2D eigenvalue weighted by atomic mass is 10.0. The minimum absolute atomic E-state index is 0.00834. The zero-order valence-corrected chi connectivity index (χ0v) is 17.5. The third-order valence-corrected chi connectivity index (χ3v) is 4.77. The van der Waals surface area contributed by atoms with Crippen LogP contribution in [0.2, 0.25) is 5.02 Å². The maximum absolute atomic E-state index is 11.7. The third-order valence-electron chi connectivity index (χ3n) is 4.40. The Morgan fingerprint density at radius 2 is 1.41 bits per heavy atom. The molecule has 1 aromatic heterocycles. The summed E-state index contributed by atoms with van der Waals surface area (Å²) in [4.78, 5) is 15.7. The number of anilines is 3. The van der Waals surface area contributed by atoms with Crippen LogP contribution in [0.4, 0.5) is 17.1 Å². The van der Waals surface area contributed by atoms with Gasteiger partial charge in [0.25, 0.3) is 5.56 Å². The highest BCUT2D eigenvalue weighted by atomic mass is 35.5. The molecule has 0 aliphatic heterocycles. The molecule has 0 saturated heterocycles. The van der Waals surface area contributed by atoms with Crippen LogP contribution in [0.25, 0.3) is 0 Å². The molecule has 150 valence electrons. The molecule has 2 aromatic carbocycles. The number of halogens is 1. The van der Waals surface area contributed by atoms with Gasteiger partial charge in [-0.3, -0.25) is 10.2 Å². The fourth-order valence-electron chi connectivity index (χ4n) is 2.71. The Labute approximate surface area is 174 Å². The van der Waals surface area contributed by atoms with E-state index in [9.17, 15) is 4.79 Å². The predicted octanol–water partition coefficient (Wildman–Crippen LogP) is 3.42. The van der Waals surface area contributed by atoms with E-state index in [4.69, 9.17) is 11.6 Å². The molecule has 3 aromatic rings. The Morgan fingerprint density at radius 1 is 0.931 bits per heavy atom. The molecule has 0 aliphatic rings. The Kier molecular flexibility index (Phi) is 6.19. The van der Waals surface area contributed by atoms with E-state index in [-0.39, 0.29) is 5.02 Å². The molecule has 8 heteroatoms. The SMILES string of the molecule is CN(C)c1ccc(C(=NNc2cn[nH]c(=O)c2Cl)c2ccc(N(C)C)cc2)cc1. The maximum Gasteiger partial charge on any atom is 0.285 e. The molecule has 3 rings (SSSR count). The van der Waals surface area contributed by atoms with Crippen LogP contribution in [0, 0.1) is 0 Å². The molecule has 1 heterocycles. The summed E-state index contributed by atoms with van der Waals surface area (Å²) in [6.07, 6.45) is 1.43. The molecule has 0 aliphatic carbocycles. The maximum atomic E-state index is 11.7. The summed E-state index contributed by atoms with van der Waals surface area (Å²) < 4.78 is 0. The van der Waals surface area contributed by atoms with E-state index >= 15 is 0 Å². The van der Waals surface area contributed by atoms with Gasteiger partial charge in [0.1, 0.15) is 10.7 Å². The third kappa shape index (κ3) is 4.75. The normalized spacial score (nSPS) is 10.4. The molecule has 29 heavy (non-hydrogen) atoms. The molecular weight excluding hydrogens is 388 g/mol. The minimum atomic E-state index is -0.473. The van der Waals surface area contributed by atoms with E-state index in [0.717, 1.165) is 28.2 Å². The van der Waals surface area contributed by atoms with Gasteiger partial charge in [0.2, 0.25) is 0 Å². The smallest absolute Gasteiger partial charge is 0.285 e. The second kappa shape index (κ2) is 8.79. The van der Waals surface area contributed by atoms with Gasteiger partial charge in [-0.1, -0.05) is 35.9 Å². The number of benzene rings is 2. The molecule has 7 nitrogen and oxygen atoms in total. The van der Waals surface area contributed by atoms with Crippen LogP contribution < -0.4 is 20.8 Å². The zero-order valence-electron chi connectivity index (χ0n) is 16.8. The molecule has 0 radical (unpaired) electrons. The van der Waals surface area contributed by atoms with Crippen molar-refractivity contribution in [2.45, 2.75) is 0 Å². The van der Waals surface area contributed by atoms with Crippen LogP contribution in [0.1, 0.15) is 11.1 Å². The first kappa shape index (κ1) is 20.4. The van der Waals surface area contributed by atoms with Gasteiger partial charge in [0.15, 0.2) is 0 Å². The fourth-order valence-corrected chi connectivity index (χ4v) is 2.84. The summed E-state index contributed by atoms with van der Waals surface area (Å²) in [5, 5.41) is 10.6. The monoisotopic (exact) mass is 410 g/mol. The molecule has 0 atom stereocenters. The van der Waals surface area contributed by atoms with Crippen molar-refractivity contribution in [2.75, 3.05) is 43.4 Å². The van der Waals surface area contributed by atoms with Crippen LogP contribution in [0.5, 0.6) is 0 Å². The second-order valence-corrected chi connectivity index (χ2v) is 7.26. The Morgan fingerprint density at radius 3 is 1.86 bits per heavy atom. The molecule has 0 unspecified atom stereocenters. The number of H-pyrrole nitrogens is 1. The largest absolute Gasteiger partial charge is 0.378 e. The van der Waals surface area contributed by atoms with Gasteiger partial charge in [-0.15, -0.1) is 0 Å². The van der Waals surface area contributed by atoms with Gasteiger partial charge in [0, 0.05) is 50.7 Å². The molecular formula is C21H23ClN6O. The average molecular weight is 411 g/mol. The number of aromatic amines is 1. The zero-order chi connectivity index (χ0) is 21.0. The van der Waals surface area contributed by atoms with E-state index in [1.54, 1.807) is 0 Å². The standard InChI is InChI=1S/C21H23ClN6O/c1-27(2)16-9-5-14(6-10-16)20(15-7-11-17(12-8-15)28(3)4)25-24-18-13-23-26-21(29)19(18)22/h5-13H,1-4H3,(H2,24,26,29). The minimum Gasteiger partial charge on any atom is -0.378 e. The number of rotatable bonds is 6. The van der Waals surface area contributed by atoms with E-state index in [1.807, 2.05) is 86.5 Å². The van der Waals surface area contributed by atoms with E-state index in [0.29, 0.717) is 5.69 Å². The highest BCUT2D eigenvalue weighted by molar-refractivity contribution is 6.32. The molecule has 0 fully saturated rings. The van der Waals surface area contributed by atoms with Crippen molar-refractivity contribution >= 4 is 34.4 Å². The quantitative estimate of drug-likeness (QED) is 0.481. The Bertz CT molecular complexity index is 1000.